The van der Waals surface area contributed by atoms with E-state index in [2.05, 4.69) is 5.32 Å². The summed E-state index contributed by atoms with van der Waals surface area (Å²) in [4.78, 5) is 11.5. The van der Waals surface area contributed by atoms with E-state index in [1.165, 1.54) is 0 Å². The SMILES string of the molecule is CC(O)CCNC(=O)[C@@H](N)C(C)(C)C. The molecule has 0 aliphatic heterocycles. The second kappa shape index (κ2) is 5.32. The summed E-state index contributed by atoms with van der Waals surface area (Å²) in [5.41, 5.74) is 5.51. The Labute approximate surface area is 85.9 Å². The van der Waals surface area contributed by atoms with Crippen LogP contribution in [0.2, 0.25) is 0 Å². The number of carbonyl (C=O) groups excluding carboxylic acids is 1. The summed E-state index contributed by atoms with van der Waals surface area (Å²) in [5.74, 6) is -0.154. The average Bonchev–Trinajstić information content (AvgIpc) is 2.00. The summed E-state index contributed by atoms with van der Waals surface area (Å²) in [6.07, 6.45) is 0.170. The number of hydrogen-bond donors (Lipinski definition) is 3. The van der Waals surface area contributed by atoms with Gasteiger partial charge in [-0.25, -0.2) is 0 Å². The molecular weight excluding hydrogens is 180 g/mol. The Morgan fingerprint density at radius 3 is 2.36 bits per heavy atom. The number of amides is 1. The molecule has 0 aromatic heterocycles. The first-order valence-corrected chi connectivity index (χ1v) is 4.96. The van der Waals surface area contributed by atoms with Crippen LogP contribution in [0.5, 0.6) is 0 Å². The lowest BCUT2D eigenvalue weighted by Gasteiger charge is -2.25. The third-order valence-electron chi connectivity index (χ3n) is 2.08. The second-order valence-corrected chi connectivity index (χ2v) is 4.77. The van der Waals surface area contributed by atoms with Crippen molar-refractivity contribution in [2.24, 2.45) is 11.1 Å². The molecule has 4 nitrogen and oxygen atoms in total. The van der Waals surface area contributed by atoms with Crippen LogP contribution in [0.15, 0.2) is 0 Å². The van der Waals surface area contributed by atoms with Crippen molar-refractivity contribution < 1.29 is 9.90 Å². The monoisotopic (exact) mass is 202 g/mol. The minimum absolute atomic E-state index is 0.154. The van der Waals surface area contributed by atoms with Gasteiger partial charge in [-0.05, 0) is 18.8 Å². The molecule has 0 fully saturated rings. The number of carbonyl (C=O) groups is 1. The molecule has 0 rings (SSSR count). The van der Waals surface area contributed by atoms with E-state index in [0.29, 0.717) is 13.0 Å². The Balaban J connectivity index is 3.86. The molecule has 0 saturated heterocycles. The Morgan fingerprint density at radius 1 is 1.50 bits per heavy atom. The number of aliphatic hydroxyl groups is 1. The van der Waals surface area contributed by atoms with Crippen LogP contribution >= 0.6 is 0 Å². The van der Waals surface area contributed by atoms with Gasteiger partial charge in [0.1, 0.15) is 0 Å². The maximum atomic E-state index is 11.5. The number of hydrogen-bond acceptors (Lipinski definition) is 3. The Kier molecular flexibility index (Phi) is 5.08. The summed E-state index contributed by atoms with van der Waals surface area (Å²) in [7, 11) is 0. The average molecular weight is 202 g/mol. The standard InChI is InChI=1S/C10H22N2O2/c1-7(13)5-6-12-9(14)8(11)10(2,3)4/h7-8,13H,5-6,11H2,1-4H3,(H,12,14)/t7?,8-/m1/s1. The molecule has 14 heavy (non-hydrogen) atoms. The van der Waals surface area contributed by atoms with Crippen molar-refractivity contribution >= 4 is 5.91 Å². The molecule has 2 atom stereocenters. The smallest absolute Gasteiger partial charge is 0.237 e. The van der Waals surface area contributed by atoms with Gasteiger partial charge in [0.2, 0.25) is 5.91 Å². The molecule has 0 aromatic rings. The third-order valence-corrected chi connectivity index (χ3v) is 2.08. The number of aliphatic hydroxyl groups excluding tert-OH is 1. The number of rotatable bonds is 4. The van der Waals surface area contributed by atoms with Gasteiger partial charge in [-0.2, -0.15) is 0 Å². The van der Waals surface area contributed by atoms with Gasteiger partial charge in [0.05, 0.1) is 12.1 Å². The van der Waals surface area contributed by atoms with Gasteiger partial charge in [0.15, 0.2) is 0 Å². The molecule has 84 valence electrons. The highest BCUT2D eigenvalue weighted by Gasteiger charge is 2.26. The van der Waals surface area contributed by atoms with Crippen LogP contribution < -0.4 is 11.1 Å². The summed E-state index contributed by atoms with van der Waals surface area (Å²) < 4.78 is 0. The Bertz CT molecular complexity index is 185. The van der Waals surface area contributed by atoms with Crippen LogP contribution in [-0.4, -0.2) is 29.7 Å². The predicted octanol–water partition coefficient (Wildman–Crippen LogP) is 0.247. The zero-order valence-electron chi connectivity index (χ0n) is 9.50. The minimum atomic E-state index is -0.503. The maximum Gasteiger partial charge on any atom is 0.237 e. The van der Waals surface area contributed by atoms with Crippen molar-refractivity contribution in [1.29, 1.82) is 0 Å². The summed E-state index contributed by atoms with van der Waals surface area (Å²) in [6, 6.07) is -0.503. The first-order chi connectivity index (χ1) is 6.25. The minimum Gasteiger partial charge on any atom is -0.393 e. The fourth-order valence-corrected chi connectivity index (χ4v) is 0.907. The molecule has 1 amide bonds. The Morgan fingerprint density at radius 2 is 2.00 bits per heavy atom. The van der Waals surface area contributed by atoms with E-state index in [1.807, 2.05) is 20.8 Å². The third kappa shape index (κ3) is 5.19. The van der Waals surface area contributed by atoms with Crippen molar-refractivity contribution in [3.63, 3.8) is 0 Å². The van der Waals surface area contributed by atoms with E-state index in [4.69, 9.17) is 10.8 Å². The lowest BCUT2D eigenvalue weighted by Crippen LogP contribution is -2.48. The number of nitrogens with one attached hydrogen (secondary N) is 1. The molecule has 0 saturated carbocycles. The van der Waals surface area contributed by atoms with Gasteiger partial charge in [0, 0.05) is 6.54 Å². The maximum absolute atomic E-state index is 11.5. The summed E-state index contributed by atoms with van der Waals surface area (Å²) in [6.45, 7) is 7.93. The zero-order chi connectivity index (χ0) is 11.4. The van der Waals surface area contributed by atoms with Crippen molar-refractivity contribution in [3.8, 4) is 0 Å². The topological polar surface area (TPSA) is 75.3 Å². The van der Waals surface area contributed by atoms with Crippen molar-refractivity contribution in [1.82, 2.24) is 5.32 Å². The van der Waals surface area contributed by atoms with Crippen LogP contribution in [-0.2, 0) is 4.79 Å². The summed E-state index contributed by atoms with van der Waals surface area (Å²) >= 11 is 0. The van der Waals surface area contributed by atoms with Crippen LogP contribution in [0.1, 0.15) is 34.1 Å². The van der Waals surface area contributed by atoms with Gasteiger partial charge < -0.3 is 16.2 Å². The highest BCUT2D eigenvalue weighted by Crippen LogP contribution is 2.16. The first-order valence-electron chi connectivity index (χ1n) is 4.96. The molecule has 1 unspecified atom stereocenters. The predicted molar refractivity (Wildman–Crippen MR) is 56.7 cm³/mol. The molecule has 0 spiro atoms. The van der Waals surface area contributed by atoms with Crippen molar-refractivity contribution in [2.45, 2.75) is 46.3 Å². The molecule has 0 heterocycles. The van der Waals surface area contributed by atoms with Crippen LogP contribution in [0, 0.1) is 5.41 Å². The normalized spacial score (nSPS) is 16.1. The molecule has 0 aliphatic rings. The van der Waals surface area contributed by atoms with Crippen LogP contribution in [0.4, 0.5) is 0 Å². The molecule has 0 aliphatic carbocycles. The Hall–Kier alpha value is -0.610. The molecule has 0 bridgehead atoms. The quantitative estimate of drug-likeness (QED) is 0.611. The fourth-order valence-electron chi connectivity index (χ4n) is 0.907. The van der Waals surface area contributed by atoms with Gasteiger partial charge in [-0.1, -0.05) is 20.8 Å². The van der Waals surface area contributed by atoms with Gasteiger partial charge in [-0.15, -0.1) is 0 Å². The first kappa shape index (κ1) is 13.4. The summed E-state index contributed by atoms with van der Waals surface area (Å²) in [5, 5.41) is 11.7. The molecule has 0 aromatic carbocycles. The van der Waals surface area contributed by atoms with E-state index < -0.39 is 6.04 Å². The van der Waals surface area contributed by atoms with Crippen LogP contribution in [0.3, 0.4) is 0 Å². The molecule has 4 heteroatoms. The van der Waals surface area contributed by atoms with E-state index in [0.717, 1.165) is 0 Å². The largest absolute Gasteiger partial charge is 0.393 e. The van der Waals surface area contributed by atoms with Crippen molar-refractivity contribution in [2.75, 3.05) is 6.54 Å². The van der Waals surface area contributed by atoms with E-state index in [9.17, 15) is 4.79 Å². The van der Waals surface area contributed by atoms with E-state index in [-0.39, 0.29) is 17.4 Å². The van der Waals surface area contributed by atoms with Crippen LogP contribution in [0.25, 0.3) is 0 Å². The molecule has 4 N–H and O–H groups in total. The highest BCUT2D eigenvalue weighted by molar-refractivity contribution is 5.82. The molecular formula is C10H22N2O2. The van der Waals surface area contributed by atoms with Crippen molar-refractivity contribution in [3.05, 3.63) is 0 Å². The van der Waals surface area contributed by atoms with Gasteiger partial charge in [-0.3, -0.25) is 4.79 Å². The van der Waals surface area contributed by atoms with Gasteiger partial charge >= 0.3 is 0 Å². The zero-order valence-corrected chi connectivity index (χ0v) is 9.50. The van der Waals surface area contributed by atoms with E-state index in [1.54, 1.807) is 6.92 Å². The second-order valence-electron chi connectivity index (χ2n) is 4.77. The van der Waals surface area contributed by atoms with Gasteiger partial charge in [0.25, 0.3) is 0 Å². The lowest BCUT2D eigenvalue weighted by molar-refractivity contribution is -0.124. The lowest BCUT2D eigenvalue weighted by atomic mass is 9.87. The highest BCUT2D eigenvalue weighted by atomic mass is 16.3. The van der Waals surface area contributed by atoms with E-state index >= 15 is 0 Å². The number of nitrogens with two attached hydrogens (primary N) is 1. The fraction of sp³-hybridized carbons (Fsp3) is 0.900. The molecule has 0 radical (unpaired) electrons.